The number of pyridine rings is 1. The van der Waals surface area contributed by atoms with Crippen molar-refractivity contribution >= 4 is 11.3 Å². The van der Waals surface area contributed by atoms with Crippen molar-refractivity contribution in [2.24, 2.45) is 0 Å². The predicted molar refractivity (Wildman–Crippen MR) is 154 cm³/mol. The molecule has 0 spiro atoms. The van der Waals surface area contributed by atoms with Gasteiger partial charge < -0.3 is 4.90 Å². The van der Waals surface area contributed by atoms with E-state index < -0.39 is 0 Å². The SMILES string of the molecule is CC(C)(C)c1ccc(CN2CCCN(CCc3cc(-c4cccs4)nc(-c4ccncc4)n3)CC2)cc1. The third-order valence-corrected chi connectivity index (χ3v) is 7.98. The van der Waals surface area contributed by atoms with E-state index >= 15 is 0 Å². The van der Waals surface area contributed by atoms with Gasteiger partial charge >= 0.3 is 0 Å². The Morgan fingerprint density at radius 1 is 0.865 bits per heavy atom. The lowest BCUT2D eigenvalue weighted by Gasteiger charge is -2.23. The summed E-state index contributed by atoms with van der Waals surface area (Å²) in [5.41, 5.74) is 6.13. The first-order chi connectivity index (χ1) is 17.9. The Kier molecular flexibility index (Phi) is 8.08. The van der Waals surface area contributed by atoms with Gasteiger partial charge in [-0.1, -0.05) is 51.1 Å². The Hall–Kier alpha value is -2.93. The summed E-state index contributed by atoms with van der Waals surface area (Å²) < 4.78 is 0. The summed E-state index contributed by atoms with van der Waals surface area (Å²) in [6.45, 7) is 13.4. The molecule has 6 heteroatoms. The number of benzene rings is 1. The molecule has 1 aromatic carbocycles. The maximum absolute atomic E-state index is 4.95. The molecular formula is C31H37N5S. The van der Waals surface area contributed by atoms with E-state index in [2.05, 4.69) is 83.4 Å². The van der Waals surface area contributed by atoms with Crippen molar-refractivity contribution in [3.8, 4) is 22.0 Å². The van der Waals surface area contributed by atoms with E-state index in [9.17, 15) is 0 Å². The normalized spacial score (nSPS) is 15.5. The van der Waals surface area contributed by atoms with Crippen LogP contribution in [-0.4, -0.2) is 57.5 Å². The standard InChI is InChI=1S/C31H37N5S/c1-31(2,3)26-9-7-24(8-10-26)23-36-17-5-16-35(19-20-36)18-13-27-22-28(29-6-4-21-37-29)34-30(33-27)25-11-14-32-15-12-25/h4,6-12,14-15,21-22H,5,13,16-20,23H2,1-3H3. The second kappa shape index (κ2) is 11.6. The summed E-state index contributed by atoms with van der Waals surface area (Å²) in [4.78, 5) is 20.4. The van der Waals surface area contributed by atoms with Crippen LogP contribution in [-0.2, 0) is 18.4 Å². The zero-order valence-corrected chi connectivity index (χ0v) is 23.0. The number of nitrogens with zero attached hydrogens (tertiary/aromatic N) is 5. The van der Waals surface area contributed by atoms with Crippen LogP contribution < -0.4 is 0 Å². The fourth-order valence-corrected chi connectivity index (χ4v) is 5.54. The highest BCUT2D eigenvalue weighted by Crippen LogP contribution is 2.26. The summed E-state index contributed by atoms with van der Waals surface area (Å²) in [5.74, 6) is 0.780. The highest BCUT2D eigenvalue weighted by atomic mass is 32.1. The van der Waals surface area contributed by atoms with E-state index in [4.69, 9.17) is 9.97 Å². The molecule has 0 bridgehead atoms. The third kappa shape index (κ3) is 6.89. The molecule has 1 aliphatic rings. The van der Waals surface area contributed by atoms with Crippen LogP contribution in [0.15, 0.2) is 72.4 Å². The van der Waals surface area contributed by atoms with Crippen molar-refractivity contribution in [1.29, 1.82) is 0 Å². The number of hydrogen-bond acceptors (Lipinski definition) is 6. The number of hydrogen-bond donors (Lipinski definition) is 0. The van der Waals surface area contributed by atoms with Crippen molar-refractivity contribution in [2.45, 2.75) is 45.6 Å². The Balaban J connectivity index is 1.21. The topological polar surface area (TPSA) is 45.2 Å². The van der Waals surface area contributed by atoms with Crippen LogP contribution in [0.1, 0.15) is 44.0 Å². The Morgan fingerprint density at radius 3 is 2.35 bits per heavy atom. The average Bonchev–Trinajstić information content (AvgIpc) is 3.36. The summed E-state index contributed by atoms with van der Waals surface area (Å²) in [5, 5.41) is 2.10. The van der Waals surface area contributed by atoms with Gasteiger partial charge in [-0.15, -0.1) is 11.3 Å². The van der Waals surface area contributed by atoms with Crippen LogP contribution in [0.4, 0.5) is 0 Å². The lowest BCUT2D eigenvalue weighted by atomic mass is 9.87. The maximum Gasteiger partial charge on any atom is 0.160 e. The summed E-state index contributed by atoms with van der Waals surface area (Å²) >= 11 is 1.72. The van der Waals surface area contributed by atoms with E-state index in [1.807, 2.05) is 12.1 Å². The number of aromatic nitrogens is 3. The van der Waals surface area contributed by atoms with Gasteiger partial charge in [-0.25, -0.2) is 9.97 Å². The predicted octanol–water partition coefficient (Wildman–Crippen LogP) is 6.32. The smallest absolute Gasteiger partial charge is 0.160 e. The minimum absolute atomic E-state index is 0.203. The maximum atomic E-state index is 4.95. The molecule has 37 heavy (non-hydrogen) atoms. The molecule has 192 valence electrons. The number of rotatable bonds is 7. The van der Waals surface area contributed by atoms with E-state index in [1.54, 1.807) is 23.7 Å². The van der Waals surface area contributed by atoms with Crippen LogP contribution in [0.5, 0.6) is 0 Å². The second-order valence-electron chi connectivity index (χ2n) is 10.9. The zero-order valence-electron chi connectivity index (χ0n) is 22.2. The fourth-order valence-electron chi connectivity index (χ4n) is 4.85. The van der Waals surface area contributed by atoms with Crippen molar-refractivity contribution in [1.82, 2.24) is 24.8 Å². The van der Waals surface area contributed by atoms with Crippen molar-refractivity contribution in [3.63, 3.8) is 0 Å². The van der Waals surface area contributed by atoms with Crippen LogP contribution in [0.25, 0.3) is 22.0 Å². The van der Waals surface area contributed by atoms with Gasteiger partial charge in [-0.05, 0) is 65.7 Å². The monoisotopic (exact) mass is 511 g/mol. The van der Waals surface area contributed by atoms with E-state index in [-0.39, 0.29) is 5.41 Å². The number of thiophene rings is 1. The molecule has 5 rings (SSSR count). The minimum Gasteiger partial charge on any atom is -0.302 e. The molecule has 0 unspecified atom stereocenters. The third-order valence-electron chi connectivity index (χ3n) is 7.08. The van der Waals surface area contributed by atoms with Crippen LogP contribution >= 0.6 is 11.3 Å². The molecule has 4 aromatic rings. The molecule has 0 atom stereocenters. The van der Waals surface area contributed by atoms with Crippen LogP contribution in [0.2, 0.25) is 0 Å². The summed E-state index contributed by atoms with van der Waals surface area (Å²) in [6.07, 6.45) is 5.73. The quantitative estimate of drug-likeness (QED) is 0.291. The first-order valence-corrected chi connectivity index (χ1v) is 14.2. The van der Waals surface area contributed by atoms with Gasteiger partial charge in [0, 0.05) is 56.3 Å². The molecule has 0 saturated carbocycles. The van der Waals surface area contributed by atoms with Crippen molar-refractivity contribution in [3.05, 3.63) is 89.2 Å². The molecule has 4 heterocycles. The Morgan fingerprint density at radius 2 is 1.62 bits per heavy atom. The largest absolute Gasteiger partial charge is 0.302 e. The lowest BCUT2D eigenvalue weighted by Crippen LogP contribution is -2.32. The molecule has 0 amide bonds. The van der Waals surface area contributed by atoms with Gasteiger partial charge in [0.05, 0.1) is 10.6 Å². The van der Waals surface area contributed by atoms with E-state index in [1.165, 1.54) is 22.4 Å². The fraction of sp³-hybridized carbons (Fsp3) is 0.387. The van der Waals surface area contributed by atoms with Crippen LogP contribution in [0.3, 0.4) is 0 Å². The molecule has 0 aliphatic carbocycles. The van der Waals surface area contributed by atoms with Gasteiger partial charge in [0.1, 0.15) is 0 Å². The summed E-state index contributed by atoms with van der Waals surface area (Å²) in [7, 11) is 0. The van der Waals surface area contributed by atoms with Gasteiger partial charge in [-0.2, -0.15) is 0 Å². The van der Waals surface area contributed by atoms with Crippen molar-refractivity contribution < 1.29 is 0 Å². The average molecular weight is 512 g/mol. The van der Waals surface area contributed by atoms with E-state index in [0.717, 1.165) is 68.5 Å². The minimum atomic E-state index is 0.203. The van der Waals surface area contributed by atoms with Gasteiger partial charge in [0.2, 0.25) is 0 Å². The first kappa shape index (κ1) is 25.7. The first-order valence-electron chi connectivity index (χ1n) is 13.3. The second-order valence-corrected chi connectivity index (χ2v) is 11.9. The molecule has 1 aliphatic heterocycles. The lowest BCUT2D eigenvalue weighted by molar-refractivity contribution is 0.252. The highest BCUT2D eigenvalue weighted by molar-refractivity contribution is 7.13. The van der Waals surface area contributed by atoms with Crippen molar-refractivity contribution in [2.75, 3.05) is 32.7 Å². The van der Waals surface area contributed by atoms with Crippen LogP contribution in [0, 0.1) is 0 Å². The van der Waals surface area contributed by atoms with E-state index in [0.29, 0.717) is 0 Å². The highest BCUT2D eigenvalue weighted by Gasteiger charge is 2.17. The molecule has 0 radical (unpaired) electrons. The molecule has 5 nitrogen and oxygen atoms in total. The van der Waals surface area contributed by atoms with Gasteiger partial charge in [0.15, 0.2) is 5.82 Å². The Labute approximate surface area is 225 Å². The van der Waals surface area contributed by atoms with Gasteiger partial charge in [0.25, 0.3) is 0 Å². The zero-order chi connectivity index (χ0) is 25.7. The molecule has 1 fully saturated rings. The molecule has 1 saturated heterocycles. The molecular weight excluding hydrogens is 474 g/mol. The molecule has 0 N–H and O–H groups in total. The van der Waals surface area contributed by atoms with Gasteiger partial charge in [-0.3, -0.25) is 9.88 Å². The molecule has 3 aromatic heterocycles. The summed E-state index contributed by atoms with van der Waals surface area (Å²) in [6, 6.07) is 19.6. The Bertz CT molecular complexity index is 1260.